The molecule has 2 rings (SSSR count). The molecule has 0 aliphatic carbocycles. The molecule has 0 atom stereocenters. The number of nitrogens with zero attached hydrogens (tertiary/aromatic N) is 2. The topological polar surface area (TPSA) is 73.9 Å². The Morgan fingerprint density at radius 3 is 2.50 bits per heavy atom. The number of carbonyl (C=O) groups is 2. The van der Waals surface area contributed by atoms with Gasteiger partial charge in [-0.1, -0.05) is 0 Å². The van der Waals surface area contributed by atoms with Crippen LogP contribution in [0.2, 0.25) is 0 Å². The second-order valence-electron chi connectivity index (χ2n) is 5.12. The molecule has 0 aromatic rings. The van der Waals surface area contributed by atoms with Crippen LogP contribution in [-0.2, 0) is 14.3 Å². The highest BCUT2D eigenvalue weighted by molar-refractivity contribution is 5.80. The van der Waals surface area contributed by atoms with Gasteiger partial charge in [0.25, 0.3) is 0 Å². The average molecular weight is 284 g/mol. The molecular weight excluding hydrogens is 260 g/mol. The summed E-state index contributed by atoms with van der Waals surface area (Å²) in [7, 11) is 0. The second-order valence-corrected chi connectivity index (χ2v) is 5.12. The molecule has 7 heteroatoms. The molecule has 20 heavy (non-hydrogen) atoms. The summed E-state index contributed by atoms with van der Waals surface area (Å²) in [6.07, 6.45) is 0.368. The molecule has 2 N–H and O–H groups in total. The predicted octanol–water partition coefficient (Wildman–Crippen LogP) is -1.74. The molecule has 2 amide bonds. The number of rotatable bonds is 5. The van der Waals surface area contributed by atoms with Gasteiger partial charge in [-0.25, -0.2) is 0 Å². The Labute approximate surface area is 119 Å². The van der Waals surface area contributed by atoms with Crippen LogP contribution in [0.3, 0.4) is 0 Å². The molecule has 0 aromatic carbocycles. The minimum Gasteiger partial charge on any atom is -0.378 e. The van der Waals surface area contributed by atoms with Crippen LogP contribution >= 0.6 is 0 Å². The number of hydrogen-bond donors (Lipinski definition) is 2. The van der Waals surface area contributed by atoms with Gasteiger partial charge >= 0.3 is 0 Å². The van der Waals surface area contributed by atoms with E-state index in [9.17, 15) is 9.59 Å². The lowest BCUT2D eigenvalue weighted by atomic mass is 10.3. The highest BCUT2D eigenvalue weighted by Crippen LogP contribution is 1.99. The van der Waals surface area contributed by atoms with E-state index in [1.54, 1.807) is 4.90 Å². The quantitative estimate of drug-likeness (QED) is 0.627. The first kappa shape index (κ1) is 15.2. The van der Waals surface area contributed by atoms with Crippen LogP contribution in [0.15, 0.2) is 0 Å². The smallest absolute Gasteiger partial charge is 0.234 e. The van der Waals surface area contributed by atoms with Gasteiger partial charge in [0, 0.05) is 52.2 Å². The molecule has 2 fully saturated rings. The first-order valence-corrected chi connectivity index (χ1v) is 7.31. The number of nitrogens with one attached hydrogen (secondary N) is 2. The van der Waals surface area contributed by atoms with Crippen molar-refractivity contribution in [3.05, 3.63) is 0 Å². The van der Waals surface area contributed by atoms with Crippen LogP contribution in [-0.4, -0.2) is 87.2 Å². The van der Waals surface area contributed by atoms with Crippen molar-refractivity contribution in [2.75, 3.05) is 65.6 Å². The van der Waals surface area contributed by atoms with E-state index in [1.807, 2.05) is 0 Å². The lowest BCUT2D eigenvalue weighted by Gasteiger charge is -2.27. The van der Waals surface area contributed by atoms with E-state index < -0.39 is 0 Å². The van der Waals surface area contributed by atoms with Gasteiger partial charge in [-0.05, 0) is 0 Å². The van der Waals surface area contributed by atoms with Crippen molar-refractivity contribution in [2.24, 2.45) is 0 Å². The van der Waals surface area contributed by atoms with Crippen LogP contribution in [0.25, 0.3) is 0 Å². The zero-order valence-electron chi connectivity index (χ0n) is 11.9. The Morgan fingerprint density at radius 2 is 1.80 bits per heavy atom. The van der Waals surface area contributed by atoms with Crippen molar-refractivity contribution >= 4 is 11.8 Å². The first-order chi connectivity index (χ1) is 9.75. The fraction of sp³-hybridized carbons (Fsp3) is 0.846. The highest BCUT2D eigenvalue weighted by atomic mass is 16.5. The monoisotopic (exact) mass is 284 g/mol. The molecule has 2 heterocycles. The van der Waals surface area contributed by atoms with Gasteiger partial charge in [-0.3, -0.25) is 14.5 Å². The minimum absolute atomic E-state index is 0.00155. The first-order valence-electron chi connectivity index (χ1n) is 7.31. The molecule has 0 aromatic heterocycles. The maximum Gasteiger partial charge on any atom is 0.234 e. The van der Waals surface area contributed by atoms with Crippen molar-refractivity contribution in [1.29, 1.82) is 0 Å². The normalized spacial score (nSPS) is 20.7. The summed E-state index contributed by atoms with van der Waals surface area (Å²) in [6.45, 7) is 7.06. The van der Waals surface area contributed by atoms with Gasteiger partial charge in [-0.15, -0.1) is 0 Å². The maximum atomic E-state index is 11.9. The number of ether oxygens (including phenoxy) is 1. The molecule has 2 saturated heterocycles. The van der Waals surface area contributed by atoms with Crippen molar-refractivity contribution in [3.63, 3.8) is 0 Å². The third kappa shape index (κ3) is 5.07. The Morgan fingerprint density at radius 1 is 1.10 bits per heavy atom. The second kappa shape index (κ2) is 8.18. The van der Waals surface area contributed by atoms with Crippen LogP contribution in [0.5, 0.6) is 0 Å². The van der Waals surface area contributed by atoms with Crippen LogP contribution < -0.4 is 10.6 Å². The summed E-state index contributed by atoms with van der Waals surface area (Å²) >= 11 is 0. The van der Waals surface area contributed by atoms with Crippen LogP contribution in [0.4, 0.5) is 0 Å². The third-order valence-corrected chi connectivity index (χ3v) is 3.60. The Kier molecular flexibility index (Phi) is 6.23. The molecule has 0 saturated carbocycles. The zero-order valence-corrected chi connectivity index (χ0v) is 11.9. The van der Waals surface area contributed by atoms with E-state index >= 15 is 0 Å². The maximum absolute atomic E-state index is 11.9. The molecular formula is C13H24N4O3. The summed E-state index contributed by atoms with van der Waals surface area (Å²) in [5, 5.41) is 6.07. The molecule has 7 nitrogen and oxygen atoms in total. The number of carbonyl (C=O) groups excluding carboxylic acids is 2. The van der Waals surface area contributed by atoms with E-state index in [-0.39, 0.29) is 11.8 Å². The van der Waals surface area contributed by atoms with Crippen molar-refractivity contribution in [3.8, 4) is 0 Å². The standard InChI is InChI=1S/C13H24N4O3/c18-12(11-16-5-3-14-4-6-16)15-2-1-13(19)17-7-9-20-10-8-17/h14H,1-11H2,(H,15,18). The largest absolute Gasteiger partial charge is 0.378 e. The van der Waals surface area contributed by atoms with E-state index in [0.29, 0.717) is 45.8 Å². The van der Waals surface area contributed by atoms with Gasteiger partial charge < -0.3 is 20.3 Å². The fourth-order valence-electron chi connectivity index (χ4n) is 2.41. The molecule has 0 unspecified atom stereocenters. The third-order valence-electron chi connectivity index (χ3n) is 3.60. The van der Waals surface area contributed by atoms with Crippen molar-refractivity contribution < 1.29 is 14.3 Å². The van der Waals surface area contributed by atoms with Crippen molar-refractivity contribution in [2.45, 2.75) is 6.42 Å². The van der Waals surface area contributed by atoms with Gasteiger partial charge in [0.1, 0.15) is 0 Å². The van der Waals surface area contributed by atoms with E-state index in [1.165, 1.54) is 0 Å². The highest BCUT2D eigenvalue weighted by Gasteiger charge is 2.17. The average Bonchev–Trinajstić information content (AvgIpc) is 2.49. The molecule has 0 radical (unpaired) electrons. The number of morpholine rings is 1. The van der Waals surface area contributed by atoms with Crippen LogP contribution in [0.1, 0.15) is 6.42 Å². The minimum atomic E-state index is 0.00155. The number of hydrogen-bond acceptors (Lipinski definition) is 5. The van der Waals surface area contributed by atoms with Crippen molar-refractivity contribution in [1.82, 2.24) is 20.4 Å². The molecule has 2 aliphatic rings. The zero-order chi connectivity index (χ0) is 14.2. The molecule has 114 valence electrons. The Balaban J connectivity index is 1.57. The Hall–Kier alpha value is -1.18. The lowest BCUT2D eigenvalue weighted by molar-refractivity contribution is -0.135. The van der Waals surface area contributed by atoms with Gasteiger partial charge in [-0.2, -0.15) is 0 Å². The summed E-state index contributed by atoms with van der Waals surface area (Å²) in [5.41, 5.74) is 0. The van der Waals surface area contributed by atoms with Gasteiger partial charge in [0.2, 0.25) is 11.8 Å². The SMILES string of the molecule is O=C(CN1CCNCC1)NCCC(=O)N1CCOCC1. The van der Waals surface area contributed by atoms with E-state index in [4.69, 9.17) is 4.74 Å². The summed E-state index contributed by atoms with van der Waals surface area (Å²) < 4.78 is 5.20. The summed E-state index contributed by atoms with van der Waals surface area (Å²) in [5.74, 6) is 0.0949. The molecule has 0 spiro atoms. The van der Waals surface area contributed by atoms with Crippen LogP contribution in [0, 0.1) is 0 Å². The van der Waals surface area contributed by atoms with Gasteiger partial charge in [0.05, 0.1) is 19.8 Å². The number of piperazine rings is 1. The lowest BCUT2D eigenvalue weighted by Crippen LogP contribution is -2.48. The number of amides is 2. The molecule has 0 bridgehead atoms. The summed E-state index contributed by atoms with van der Waals surface area (Å²) in [4.78, 5) is 27.5. The molecule has 2 aliphatic heterocycles. The van der Waals surface area contributed by atoms with E-state index in [2.05, 4.69) is 15.5 Å². The van der Waals surface area contributed by atoms with Gasteiger partial charge in [0.15, 0.2) is 0 Å². The predicted molar refractivity (Wildman–Crippen MR) is 74.3 cm³/mol. The Bertz CT molecular complexity index is 326. The summed E-state index contributed by atoms with van der Waals surface area (Å²) in [6, 6.07) is 0. The fourth-order valence-corrected chi connectivity index (χ4v) is 2.41. The van der Waals surface area contributed by atoms with E-state index in [0.717, 1.165) is 26.2 Å².